The van der Waals surface area contributed by atoms with Crippen LogP contribution in [0.3, 0.4) is 0 Å². The number of nitrogens with one attached hydrogen (secondary N) is 1. The van der Waals surface area contributed by atoms with Gasteiger partial charge in [-0.3, -0.25) is 4.79 Å². The predicted octanol–water partition coefficient (Wildman–Crippen LogP) is 1.17. The van der Waals surface area contributed by atoms with Gasteiger partial charge in [0.05, 0.1) is 0 Å². The van der Waals surface area contributed by atoms with Crippen molar-refractivity contribution in [2.75, 3.05) is 17.6 Å². The van der Waals surface area contributed by atoms with Crippen molar-refractivity contribution >= 4 is 17.5 Å². The van der Waals surface area contributed by atoms with Crippen LogP contribution in [0.25, 0.3) is 0 Å². The maximum Gasteiger partial charge on any atom is 0.217 e. The Bertz CT molecular complexity index is 431. The van der Waals surface area contributed by atoms with Crippen LogP contribution in [0.1, 0.15) is 44.0 Å². The molecule has 0 aliphatic heterocycles. The number of nitrogen functional groups attached to an aromatic ring is 1. The third kappa shape index (κ3) is 3.87. The molecular formula is C12H21N5O. The van der Waals surface area contributed by atoms with Crippen molar-refractivity contribution in [1.29, 1.82) is 0 Å². The maximum atomic E-state index is 10.6. The highest BCUT2D eigenvalue weighted by molar-refractivity contribution is 5.73. The first kappa shape index (κ1) is 14.2. The summed E-state index contributed by atoms with van der Waals surface area (Å²) >= 11 is 0. The Kier molecular flexibility index (Phi) is 4.88. The van der Waals surface area contributed by atoms with Crippen LogP contribution in [-0.4, -0.2) is 22.4 Å². The molecule has 6 nitrogen and oxygen atoms in total. The molecule has 0 unspecified atom stereocenters. The summed E-state index contributed by atoms with van der Waals surface area (Å²) in [6.45, 7) is 6.54. The minimum Gasteiger partial charge on any atom is -0.383 e. The SMILES string of the molecule is Cc1c(N)nc(C(C)C)nc1NCCCC(N)=O. The fourth-order valence-corrected chi connectivity index (χ4v) is 1.45. The minimum atomic E-state index is -0.293. The van der Waals surface area contributed by atoms with E-state index in [2.05, 4.69) is 15.3 Å². The molecule has 0 fully saturated rings. The first-order valence-corrected chi connectivity index (χ1v) is 6.08. The van der Waals surface area contributed by atoms with Crippen molar-refractivity contribution in [2.24, 2.45) is 5.73 Å². The first-order chi connectivity index (χ1) is 8.41. The van der Waals surface area contributed by atoms with Crippen LogP contribution in [0.2, 0.25) is 0 Å². The summed E-state index contributed by atoms with van der Waals surface area (Å²) in [6.07, 6.45) is 1.04. The molecule has 1 aromatic heterocycles. The number of rotatable bonds is 6. The molecule has 0 radical (unpaired) electrons. The largest absolute Gasteiger partial charge is 0.383 e. The molecule has 1 rings (SSSR count). The van der Waals surface area contributed by atoms with Gasteiger partial charge in [0.1, 0.15) is 17.5 Å². The van der Waals surface area contributed by atoms with Gasteiger partial charge in [0.2, 0.25) is 5.91 Å². The van der Waals surface area contributed by atoms with Crippen molar-refractivity contribution in [3.05, 3.63) is 11.4 Å². The molecule has 1 aromatic rings. The van der Waals surface area contributed by atoms with E-state index in [0.29, 0.717) is 25.2 Å². The summed E-state index contributed by atoms with van der Waals surface area (Å²) in [5.74, 6) is 1.87. The number of nitrogens with zero attached hydrogens (tertiary/aromatic N) is 2. The topological polar surface area (TPSA) is 107 Å². The zero-order chi connectivity index (χ0) is 13.7. The van der Waals surface area contributed by atoms with E-state index in [9.17, 15) is 4.79 Å². The van der Waals surface area contributed by atoms with E-state index >= 15 is 0 Å². The van der Waals surface area contributed by atoms with Crippen molar-refractivity contribution < 1.29 is 4.79 Å². The van der Waals surface area contributed by atoms with Gasteiger partial charge in [0.25, 0.3) is 0 Å². The van der Waals surface area contributed by atoms with Crippen LogP contribution in [0.5, 0.6) is 0 Å². The van der Waals surface area contributed by atoms with Crippen LogP contribution >= 0.6 is 0 Å². The van der Waals surface area contributed by atoms with Crippen molar-refractivity contribution in [3.63, 3.8) is 0 Å². The summed E-state index contributed by atoms with van der Waals surface area (Å²) in [5, 5.41) is 3.17. The normalized spacial score (nSPS) is 10.7. The third-order valence-corrected chi connectivity index (χ3v) is 2.61. The van der Waals surface area contributed by atoms with Gasteiger partial charge in [-0.15, -0.1) is 0 Å². The molecule has 0 atom stereocenters. The van der Waals surface area contributed by atoms with Gasteiger partial charge in [-0.1, -0.05) is 13.8 Å². The highest BCUT2D eigenvalue weighted by Crippen LogP contribution is 2.20. The highest BCUT2D eigenvalue weighted by Gasteiger charge is 2.10. The zero-order valence-corrected chi connectivity index (χ0v) is 11.2. The van der Waals surface area contributed by atoms with Gasteiger partial charge >= 0.3 is 0 Å². The summed E-state index contributed by atoms with van der Waals surface area (Å²) in [4.78, 5) is 19.3. The second-order valence-electron chi connectivity index (χ2n) is 4.59. The second kappa shape index (κ2) is 6.18. The van der Waals surface area contributed by atoms with E-state index < -0.39 is 0 Å². The monoisotopic (exact) mass is 251 g/mol. The van der Waals surface area contributed by atoms with E-state index in [1.165, 1.54) is 0 Å². The molecule has 6 heteroatoms. The number of primary amides is 1. The van der Waals surface area contributed by atoms with Gasteiger partial charge in [-0.25, -0.2) is 9.97 Å². The minimum absolute atomic E-state index is 0.221. The average Bonchev–Trinajstić information content (AvgIpc) is 2.28. The van der Waals surface area contributed by atoms with E-state index in [1.54, 1.807) is 0 Å². The lowest BCUT2D eigenvalue weighted by atomic mass is 10.2. The predicted molar refractivity (Wildman–Crippen MR) is 72.2 cm³/mol. The lowest BCUT2D eigenvalue weighted by Crippen LogP contribution is -2.14. The lowest BCUT2D eigenvalue weighted by Gasteiger charge is -2.13. The van der Waals surface area contributed by atoms with Crippen molar-refractivity contribution in [1.82, 2.24) is 9.97 Å². The van der Waals surface area contributed by atoms with Crippen LogP contribution in [0, 0.1) is 6.92 Å². The number of hydrogen-bond acceptors (Lipinski definition) is 5. The van der Waals surface area contributed by atoms with E-state index in [0.717, 1.165) is 17.2 Å². The molecule has 5 N–H and O–H groups in total. The molecule has 0 bridgehead atoms. The van der Waals surface area contributed by atoms with Crippen LogP contribution in [-0.2, 0) is 4.79 Å². The molecule has 0 aromatic carbocycles. The molecule has 1 amide bonds. The number of hydrogen-bond donors (Lipinski definition) is 3. The van der Waals surface area contributed by atoms with Crippen molar-refractivity contribution in [3.8, 4) is 0 Å². The molecule has 18 heavy (non-hydrogen) atoms. The number of anilines is 2. The first-order valence-electron chi connectivity index (χ1n) is 6.08. The zero-order valence-electron chi connectivity index (χ0n) is 11.2. The second-order valence-corrected chi connectivity index (χ2v) is 4.59. The summed E-state index contributed by atoms with van der Waals surface area (Å²) in [5.41, 5.74) is 11.8. The number of aromatic nitrogens is 2. The fraction of sp³-hybridized carbons (Fsp3) is 0.583. The van der Waals surface area contributed by atoms with Crippen LogP contribution < -0.4 is 16.8 Å². The summed E-state index contributed by atoms with van der Waals surface area (Å²) < 4.78 is 0. The third-order valence-electron chi connectivity index (χ3n) is 2.61. The molecule has 1 heterocycles. The number of amides is 1. The Labute approximate surface area is 107 Å². The van der Waals surface area contributed by atoms with E-state index in [4.69, 9.17) is 11.5 Å². The molecule has 0 spiro atoms. The smallest absolute Gasteiger partial charge is 0.217 e. The molecule has 0 saturated carbocycles. The Morgan fingerprint density at radius 1 is 1.39 bits per heavy atom. The van der Waals surface area contributed by atoms with Crippen LogP contribution in [0.15, 0.2) is 0 Å². The summed E-state index contributed by atoms with van der Waals surface area (Å²) in [7, 11) is 0. The highest BCUT2D eigenvalue weighted by atomic mass is 16.1. The van der Waals surface area contributed by atoms with Crippen LogP contribution in [0.4, 0.5) is 11.6 Å². The average molecular weight is 251 g/mol. The molecule has 100 valence electrons. The van der Waals surface area contributed by atoms with E-state index in [-0.39, 0.29) is 11.8 Å². The van der Waals surface area contributed by atoms with Gasteiger partial charge in [-0.05, 0) is 13.3 Å². The Morgan fingerprint density at radius 3 is 2.61 bits per heavy atom. The Hall–Kier alpha value is -1.85. The molecule has 0 aliphatic carbocycles. The number of nitrogens with two attached hydrogens (primary N) is 2. The van der Waals surface area contributed by atoms with Gasteiger partial charge in [0.15, 0.2) is 0 Å². The lowest BCUT2D eigenvalue weighted by molar-refractivity contribution is -0.118. The number of carbonyl (C=O) groups is 1. The molecular weight excluding hydrogens is 230 g/mol. The van der Waals surface area contributed by atoms with Gasteiger partial charge in [0, 0.05) is 24.4 Å². The summed E-state index contributed by atoms with van der Waals surface area (Å²) in [6, 6.07) is 0. The van der Waals surface area contributed by atoms with Gasteiger partial charge < -0.3 is 16.8 Å². The Balaban J connectivity index is 2.72. The standard InChI is InChI=1S/C12H21N5O/c1-7(2)11-16-10(14)8(3)12(17-11)15-6-4-5-9(13)18/h7H,4-6H2,1-3H3,(H2,13,18)(H3,14,15,16,17). The fourth-order valence-electron chi connectivity index (χ4n) is 1.45. The molecule has 0 saturated heterocycles. The van der Waals surface area contributed by atoms with E-state index in [1.807, 2.05) is 20.8 Å². The van der Waals surface area contributed by atoms with Gasteiger partial charge in [-0.2, -0.15) is 0 Å². The quantitative estimate of drug-likeness (QED) is 0.658. The van der Waals surface area contributed by atoms with Crippen molar-refractivity contribution in [2.45, 2.75) is 39.5 Å². The Morgan fingerprint density at radius 2 is 2.06 bits per heavy atom. The number of carbonyl (C=O) groups excluding carboxylic acids is 1. The molecule has 0 aliphatic rings. The maximum absolute atomic E-state index is 10.6.